The van der Waals surface area contributed by atoms with E-state index in [4.69, 9.17) is 18.4 Å². The summed E-state index contributed by atoms with van der Waals surface area (Å²) in [5.41, 5.74) is 1.91. The summed E-state index contributed by atoms with van der Waals surface area (Å²) in [6, 6.07) is 14.1. The van der Waals surface area contributed by atoms with Crippen LogP contribution in [0.25, 0.3) is 0 Å². The minimum atomic E-state index is -4.22. The molecule has 0 amide bonds. The van der Waals surface area contributed by atoms with Gasteiger partial charge in [-0.25, -0.2) is 0 Å². The van der Waals surface area contributed by atoms with E-state index in [1.165, 1.54) is 24.3 Å². The van der Waals surface area contributed by atoms with Crippen LogP contribution in [0.2, 0.25) is 0 Å². The molecule has 0 aliphatic carbocycles. The van der Waals surface area contributed by atoms with Gasteiger partial charge in [0.25, 0.3) is 0 Å². The van der Waals surface area contributed by atoms with Gasteiger partial charge in [-0.2, -0.15) is 8.42 Å². The zero-order valence-electron chi connectivity index (χ0n) is 21.9. The van der Waals surface area contributed by atoms with E-state index in [9.17, 15) is 18.3 Å². The van der Waals surface area contributed by atoms with Gasteiger partial charge < -0.3 is 23.5 Å². The first kappa shape index (κ1) is 27.5. The first-order chi connectivity index (χ1) is 18.0. The number of carbonyl (C=O) groups excluding carboxylic acids is 1. The Balaban J connectivity index is 1.62. The topological polar surface area (TPSA) is 108 Å². The fraction of sp³-hybridized carbons (Fsp3) is 0.345. The number of hydrogen-bond acceptors (Lipinski definition) is 8. The number of Topliss-reactive ketones (excluding diaryl/α,β-unsaturated/α-hetero) is 1. The van der Waals surface area contributed by atoms with Crippen molar-refractivity contribution in [1.29, 1.82) is 0 Å². The molecule has 0 saturated carbocycles. The molecule has 3 aromatic rings. The lowest BCUT2D eigenvalue weighted by molar-refractivity contribution is 0.0813. The lowest BCUT2D eigenvalue weighted by Crippen LogP contribution is -2.33. The molecule has 38 heavy (non-hydrogen) atoms. The minimum absolute atomic E-state index is 0.0249. The van der Waals surface area contributed by atoms with Gasteiger partial charge in [-0.1, -0.05) is 17.7 Å². The number of carbonyl (C=O) groups is 1. The van der Waals surface area contributed by atoms with Gasteiger partial charge in [0.05, 0.1) is 18.8 Å². The molecule has 0 spiro atoms. The van der Waals surface area contributed by atoms with Gasteiger partial charge in [-0.3, -0.25) is 4.79 Å². The number of rotatable bonds is 10. The Morgan fingerprint density at radius 1 is 1.05 bits per heavy atom. The van der Waals surface area contributed by atoms with Crippen molar-refractivity contribution in [2.75, 3.05) is 13.2 Å². The monoisotopic (exact) mass is 540 g/mol. The third-order valence-corrected chi connectivity index (χ3v) is 7.50. The van der Waals surface area contributed by atoms with Crippen molar-refractivity contribution in [3.05, 3.63) is 76.9 Å². The number of hydrogen-bond donors (Lipinski definition) is 1. The molecule has 9 heteroatoms. The van der Waals surface area contributed by atoms with Crippen LogP contribution < -0.4 is 18.4 Å². The second-order valence-corrected chi connectivity index (χ2v) is 11.3. The summed E-state index contributed by atoms with van der Waals surface area (Å²) >= 11 is 0. The summed E-state index contributed by atoms with van der Waals surface area (Å²) < 4.78 is 48.9. The number of benzene rings is 3. The van der Waals surface area contributed by atoms with E-state index in [1.54, 1.807) is 37.3 Å². The Hall–Kier alpha value is -3.56. The molecule has 1 aliphatic rings. The summed E-state index contributed by atoms with van der Waals surface area (Å²) in [6.07, 6.45) is 1.40. The van der Waals surface area contributed by atoms with Crippen LogP contribution in [-0.2, 0) is 23.1 Å². The predicted octanol–water partition coefficient (Wildman–Crippen LogP) is 5.02. The molecule has 0 fully saturated rings. The maximum atomic E-state index is 13.3. The molecule has 0 saturated heterocycles. The molecule has 0 unspecified atom stereocenters. The Morgan fingerprint density at radius 2 is 1.79 bits per heavy atom. The molecule has 8 nitrogen and oxygen atoms in total. The molecule has 0 bridgehead atoms. The van der Waals surface area contributed by atoms with E-state index < -0.39 is 22.5 Å². The van der Waals surface area contributed by atoms with Gasteiger partial charge >= 0.3 is 10.1 Å². The van der Waals surface area contributed by atoms with Gasteiger partial charge in [0, 0.05) is 17.2 Å². The van der Waals surface area contributed by atoms with E-state index in [2.05, 4.69) is 0 Å². The third-order valence-electron chi connectivity index (χ3n) is 6.25. The molecule has 0 aromatic heterocycles. The first-order valence-corrected chi connectivity index (χ1v) is 13.8. The Kier molecular flexibility index (Phi) is 7.99. The summed E-state index contributed by atoms with van der Waals surface area (Å²) in [4.78, 5) is 13.3. The molecule has 4 rings (SSSR count). The molecule has 1 aliphatic heterocycles. The molecule has 0 atom stereocenters. The van der Waals surface area contributed by atoms with Crippen LogP contribution in [0.15, 0.2) is 59.5 Å². The SMILES string of the molecule is CCOc1ccc(C(=O)COc2c(CO)ccc3c2CCC(C)(C)O3)c(OS(=O)(=O)c2ccc(C)cc2)c1. The van der Waals surface area contributed by atoms with Crippen LogP contribution in [0, 0.1) is 6.92 Å². The van der Waals surface area contributed by atoms with Crippen molar-refractivity contribution in [3.8, 4) is 23.0 Å². The third kappa shape index (κ3) is 6.11. The lowest BCUT2D eigenvalue weighted by atomic mass is 9.92. The standard InChI is InChI=1S/C29H32O8S/c1-5-34-21-9-12-23(27(16-21)37-38(32,33)22-10-6-19(2)7-11-22)25(31)18-35-28-20(17-30)8-13-26-24(28)14-15-29(3,4)36-26/h6-13,16,30H,5,14-15,17-18H2,1-4H3. The number of aliphatic hydroxyl groups is 1. The van der Waals surface area contributed by atoms with Crippen LogP contribution >= 0.6 is 0 Å². The highest BCUT2D eigenvalue weighted by Crippen LogP contribution is 2.40. The number of aryl methyl sites for hydroxylation is 1. The van der Waals surface area contributed by atoms with Crippen molar-refractivity contribution in [2.45, 2.75) is 57.6 Å². The van der Waals surface area contributed by atoms with E-state index >= 15 is 0 Å². The number of aliphatic hydroxyl groups excluding tert-OH is 1. The van der Waals surface area contributed by atoms with Gasteiger partial charge in [0.2, 0.25) is 5.78 Å². The molecule has 1 N–H and O–H groups in total. The van der Waals surface area contributed by atoms with Crippen molar-refractivity contribution in [1.82, 2.24) is 0 Å². The predicted molar refractivity (Wildman–Crippen MR) is 142 cm³/mol. The molecular formula is C29H32O8S. The highest BCUT2D eigenvalue weighted by molar-refractivity contribution is 7.87. The Labute approximate surface area is 223 Å². The average Bonchev–Trinajstić information content (AvgIpc) is 2.86. The average molecular weight is 541 g/mol. The van der Waals surface area contributed by atoms with Gasteiger partial charge in [-0.15, -0.1) is 0 Å². The van der Waals surface area contributed by atoms with Gasteiger partial charge in [-0.05, 0) is 76.9 Å². The largest absolute Gasteiger partial charge is 0.494 e. The second kappa shape index (κ2) is 11.0. The van der Waals surface area contributed by atoms with Crippen LogP contribution in [0.4, 0.5) is 0 Å². The molecule has 0 radical (unpaired) electrons. The molecule has 1 heterocycles. The van der Waals surface area contributed by atoms with Crippen molar-refractivity contribution in [2.24, 2.45) is 0 Å². The van der Waals surface area contributed by atoms with Crippen molar-refractivity contribution >= 4 is 15.9 Å². The number of fused-ring (bicyclic) bond motifs is 1. The van der Waals surface area contributed by atoms with Crippen LogP contribution in [-0.4, -0.2) is 38.1 Å². The zero-order chi connectivity index (χ0) is 27.5. The highest BCUT2D eigenvalue weighted by atomic mass is 32.2. The van der Waals surface area contributed by atoms with E-state index in [0.717, 1.165) is 17.5 Å². The fourth-order valence-electron chi connectivity index (χ4n) is 4.21. The Morgan fingerprint density at radius 3 is 2.47 bits per heavy atom. The first-order valence-electron chi connectivity index (χ1n) is 12.4. The quantitative estimate of drug-likeness (QED) is 0.282. The Bertz CT molecular complexity index is 1430. The molecular weight excluding hydrogens is 508 g/mol. The summed E-state index contributed by atoms with van der Waals surface area (Å²) in [6.45, 7) is 7.31. The lowest BCUT2D eigenvalue weighted by Gasteiger charge is -2.33. The summed E-state index contributed by atoms with van der Waals surface area (Å²) in [5.74, 6) is 0.747. The normalized spacial score (nSPS) is 14.2. The van der Waals surface area contributed by atoms with Crippen LogP contribution in [0.1, 0.15) is 54.2 Å². The smallest absolute Gasteiger partial charge is 0.339 e. The molecule has 3 aromatic carbocycles. The summed E-state index contributed by atoms with van der Waals surface area (Å²) in [7, 11) is -4.22. The highest BCUT2D eigenvalue weighted by Gasteiger charge is 2.30. The fourth-order valence-corrected chi connectivity index (χ4v) is 5.15. The molecule has 202 valence electrons. The van der Waals surface area contributed by atoms with Gasteiger partial charge in [0.1, 0.15) is 27.7 Å². The number of ketones is 1. The van der Waals surface area contributed by atoms with Crippen molar-refractivity contribution in [3.63, 3.8) is 0 Å². The number of ether oxygens (including phenoxy) is 3. The van der Waals surface area contributed by atoms with E-state index in [0.29, 0.717) is 35.8 Å². The zero-order valence-corrected chi connectivity index (χ0v) is 22.8. The minimum Gasteiger partial charge on any atom is -0.494 e. The van der Waals surface area contributed by atoms with Crippen molar-refractivity contribution < 1.29 is 36.7 Å². The van der Waals surface area contributed by atoms with Crippen LogP contribution in [0.3, 0.4) is 0 Å². The van der Waals surface area contributed by atoms with Gasteiger partial charge in [0.15, 0.2) is 12.4 Å². The van der Waals surface area contributed by atoms with Crippen LogP contribution in [0.5, 0.6) is 23.0 Å². The summed E-state index contributed by atoms with van der Waals surface area (Å²) in [5, 5.41) is 9.88. The maximum absolute atomic E-state index is 13.3. The van der Waals surface area contributed by atoms with E-state index in [1.807, 2.05) is 20.8 Å². The maximum Gasteiger partial charge on any atom is 0.339 e. The second-order valence-electron chi connectivity index (χ2n) is 9.70. The van der Waals surface area contributed by atoms with E-state index in [-0.39, 0.29) is 28.4 Å².